The molecule has 2 aromatic rings. The minimum Gasteiger partial charge on any atom is -0.318 e. The maximum atomic E-state index is 5.88. The molecule has 12 heavy (non-hydrogen) atoms. The quantitative estimate of drug-likeness (QED) is 0.722. The maximum absolute atomic E-state index is 5.88. The first-order valence-electron chi connectivity index (χ1n) is 3.51. The van der Waals surface area contributed by atoms with Crippen molar-refractivity contribution < 1.29 is 0 Å². The predicted molar refractivity (Wildman–Crippen MR) is 46.7 cm³/mol. The van der Waals surface area contributed by atoms with Crippen LogP contribution in [-0.2, 0) is 0 Å². The molecule has 4 nitrogen and oxygen atoms in total. The van der Waals surface area contributed by atoms with Gasteiger partial charge < -0.3 is 5.73 Å². The third kappa shape index (κ3) is 1.24. The van der Waals surface area contributed by atoms with Crippen LogP contribution < -0.4 is 5.73 Å². The number of hydrogen-bond donors (Lipinski definition) is 2. The second kappa shape index (κ2) is 3.04. The molecule has 5 heteroatoms. The third-order valence-electron chi connectivity index (χ3n) is 1.63. The van der Waals surface area contributed by atoms with Gasteiger partial charge in [-0.25, -0.2) is 4.98 Å². The van der Waals surface area contributed by atoms with Crippen LogP contribution in [0.1, 0.15) is 17.4 Å². The van der Waals surface area contributed by atoms with Gasteiger partial charge in [0.05, 0.1) is 6.04 Å². The average Bonchev–Trinajstić information content (AvgIpc) is 2.77. The van der Waals surface area contributed by atoms with Crippen molar-refractivity contribution in [1.29, 1.82) is 0 Å². The molecule has 0 aliphatic carbocycles. The predicted octanol–water partition coefficient (Wildman–Crippen LogP) is 0.914. The molecule has 2 heterocycles. The smallest absolute Gasteiger partial charge is 0.145 e. The van der Waals surface area contributed by atoms with Crippen molar-refractivity contribution in [2.45, 2.75) is 6.04 Å². The van der Waals surface area contributed by atoms with Crippen LogP contribution in [0.3, 0.4) is 0 Å². The van der Waals surface area contributed by atoms with Crippen LogP contribution in [-0.4, -0.2) is 15.2 Å². The molecule has 0 fully saturated rings. The molecule has 0 aliphatic heterocycles. The lowest BCUT2D eigenvalue weighted by Gasteiger charge is -2.03. The molecule has 3 N–H and O–H groups in total. The van der Waals surface area contributed by atoms with Gasteiger partial charge in [-0.05, 0) is 22.4 Å². The largest absolute Gasteiger partial charge is 0.318 e. The Morgan fingerprint density at radius 2 is 2.50 bits per heavy atom. The van der Waals surface area contributed by atoms with Crippen molar-refractivity contribution in [3.8, 4) is 0 Å². The number of thiophene rings is 1. The van der Waals surface area contributed by atoms with Gasteiger partial charge >= 0.3 is 0 Å². The molecule has 0 saturated heterocycles. The van der Waals surface area contributed by atoms with Crippen LogP contribution in [0.5, 0.6) is 0 Å². The molecule has 62 valence electrons. The van der Waals surface area contributed by atoms with Crippen molar-refractivity contribution in [1.82, 2.24) is 15.2 Å². The SMILES string of the molecule is NC(c1ccsc1)c1ncn[nH]1. The third-order valence-corrected chi connectivity index (χ3v) is 2.33. The number of nitrogens with one attached hydrogen (secondary N) is 1. The maximum Gasteiger partial charge on any atom is 0.145 e. The van der Waals surface area contributed by atoms with Gasteiger partial charge in [0, 0.05) is 0 Å². The van der Waals surface area contributed by atoms with Gasteiger partial charge in [-0.1, -0.05) is 0 Å². The molecule has 0 saturated carbocycles. The van der Waals surface area contributed by atoms with E-state index < -0.39 is 0 Å². The first kappa shape index (κ1) is 7.45. The minimum absolute atomic E-state index is 0.182. The summed E-state index contributed by atoms with van der Waals surface area (Å²) >= 11 is 1.62. The van der Waals surface area contributed by atoms with E-state index in [2.05, 4.69) is 15.2 Å². The highest BCUT2D eigenvalue weighted by Gasteiger charge is 2.10. The molecule has 1 atom stereocenters. The normalized spacial score (nSPS) is 13.1. The van der Waals surface area contributed by atoms with Crippen LogP contribution in [0.4, 0.5) is 0 Å². The van der Waals surface area contributed by atoms with E-state index in [0.717, 1.165) is 5.56 Å². The topological polar surface area (TPSA) is 67.6 Å². The van der Waals surface area contributed by atoms with Crippen LogP contribution in [0.15, 0.2) is 23.2 Å². The van der Waals surface area contributed by atoms with E-state index in [-0.39, 0.29) is 6.04 Å². The Hall–Kier alpha value is -1.20. The molecule has 0 radical (unpaired) electrons. The van der Waals surface area contributed by atoms with Crippen molar-refractivity contribution >= 4 is 11.3 Å². The van der Waals surface area contributed by atoms with Gasteiger partial charge in [0.2, 0.25) is 0 Å². The van der Waals surface area contributed by atoms with Gasteiger partial charge in [-0.15, -0.1) is 0 Å². The van der Waals surface area contributed by atoms with Crippen LogP contribution >= 0.6 is 11.3 Å². The molecule has 0 amide bonds. The Labute approximate surface area is 73.5 Å². The van der Waals surface area contributed by atoms with E-state index in [9.17, 15) is 0 Å². The van der Waals surface area contributed by atoms with E-state index in [1.807, 2.05) is 16.8 Å². The Bertz CT molecular complexity index is 292. The fraction of sp³-hybridized carbons (Fsp3) is 0.143. The second-order valence-electron chi connectivity index (χ2n) is 2.41. The highest BCUT2D eigenvalue weighted by Crippen LogP contribution is 2.17. The summed E-state index contributed by atoms with van der Waals surface area (Å²) in [5.41, 5.74) is 6.94. The molecule has 2 rings (SSSR count). The zero-order valence-electron chi connectivity index (χ0n) is 6.27. The second-order valence-corrected chi connectivity index (χ2v) is 3.19. The van der Waals surface area contributed by atoms with Gasteiger partial charge in [0.15, 0.2) is 0 Å². The lowest BCUT2D eigenvalue weighted by atomic mass is 10.1. The number of hydrogen-bond acceptors (Lipinski definition) is 4. The number of aromatic amines is 1. The van der Waals surface area contributed by atoms with Gasteiger partial charge in [-0.3, -0.25) is 5.10 Å². The van der Waals surface area contributed by atoms with E-state index in [1.54, 1.807) is 11.3 Å². The Morgan fingerprint density at radius 3 is 3.08 bits per heavy atom. The van der Waals surface area contributed by atoms with Crippen molar-refractivity contribution in [2.24, 2.45) is 5.73 Å². The molecular formula is C7H8N4S. The summed E-state index contributed by atoms with van der Waals surface area (Å²) < 4.78 is 0. The molecular weight excluding hydrogens is 172 g/mol. The fourth-order valence-electron chi connectivity index (χ4n) is 0.975. The fourth-order valence-corrected chi connectivity index (χ4v) is 1.67. The van der Waals surface area contributed by atoms with Crippen molar-refractivity contribution in [3.63, 3.8) is 0 Å². The van der Waals surface area contributed by atoms with Gasteiger partial charge in [0.25, 0.3) is 0 Å². The van der Waals surface area contributed by atoms with E-state index in [0.29, 0.717) is 5.82 Å². The summed E-state index contributed by atoms with van der Waals surface area (Å²) in [6.07, 6.45) is 1.46. The Kier molecular flexibility index (Phi) is 1.89. The zero-order chi connectivity index (χ0) is 8.39. The number of nitrogens with two attached hydrogens (primary N) is 1. The lowest BCUT2D eigenvalue weighted by Crippen LogP contribution is -2.12. The van der Waals surface area contributed by atoms with Crippen LogP contribution in [0.25, 0.3) is 0 Å². The summed E-state index contributed by atoms with van der Waals surface area (Å²) in [6, 6.07) is 1.80. The molecule has 0 aromatic carbocycles. The summed E-state index contributed by atoms with van der Waals surface area (Å²) in [5.74, 6) is 0.702. The van der Waals surface area contributed by atoms with Gasteiger partial charge in [0.1, 0.15) is 12.2 Å². The number of nitrogens with zero attached hydrogens (tertiary/aromatic N) is 2. The molecule has 0 spiro atoms. The number of H-pyrrole nitrogens is 1. The van der Waals surface area contributed by atoms with Crippen LogP contribution in [0.2, 0.25) is 0 Å². The first-order chi connectivity index (χ1) is 5.88. The summed E-state index contributed by atoms with van der Waals surface area (Å²) in [7, 11) is 0. The Morgan fingerprint density at radius 1 is 1.58 bits per heavy atom. The average molecular weight is 180 g/mol. The van der Waals surface area contributed by atoms with E-state index in [1.165, 1.54) is 6.33 Å². The van der Waals surface area contributed by atoms with Crippen LogP contribution in [0, 0.1) is 0 Å². The molecule has 0 aliphatic rings. The Balaban J connectivity index is 2.27. The molecule has 1 unspecified atom stereocenters. The summed E-state index contributed by atoms with van der Waals surface area (Å²) in [6.45, 7) is 0. The van der Waals surface area contributed by atoms with E-state index >= 15 is 0 Å². The monoisotopic (exact) mass is 180 g/mol. The summed E-state index contributed by atoms with van der Waals surface area (Å²) in [5, 5.41) is 10.5. The standard InChI is InChI=1S/C7H8N4S/c8-6(5-1-2-12-3-5)7-9-4-10-11-7/h1-4,6H,8H2,(H,9,10,11). The number of aromatic nitrogens is 3. The zero-order valence-corrected chi connectivity index (χ0v) is 7.08. The number of rotatable bonds is 2. The summed E-state index contributed by atoms with van der Waals surface area (Å²) in [4.78, 5) is 3.99. The minimum atomic E-state index is -0.182. The highest BCUT2D eigenvalue weighted by molar-refractivity contribution is 7.07. The lowest BCUT2D eigenvalue weighted by molar-refractivity contribution is 0.791. The first-order valence-corrected chi connectivity index (χ1v) is 4.45. The van der Waals surface area contributed by atoms with Crippen molar-refractivity contribution in [3.05, 3.63) is 34.5 Å². The van der Waals surface area contributed by atoms with E-state index in [4.69, 9.17) is 5.73 Å². The molecule has 0 bridgehead atoms. The molecule has 2 aromatic heterocycles. The van der Waals surface area contributed by atoms with Crippen molar-refractivity contribution in [2.75, 3.05) is 0 Å². The highest BCUT2D eigenvalue weighted by atomic mass is 32.1. The van der Waals surface area contributed by atoms with Gasteiger partial charge in [-0.2, -0.15) is 16.4 Å².